The van der Waals surface area contributed by atoms with E-state index in [0.29, 0.717) is 11.3 Å². The Labute approximate surface area is 180 Å². The van der Waals surface area contributed by atoms with E-state index in [4.69, 9.17) is 18.7 Å². The molecule has 10 heteroatoms. The van der Waals surface area contributed by atoms with Crippen LogP contribution in [0.4, 0.5) is 10.1 Å². The number of hydrogen-bond donors (Lipinski definition) is 2. The van der Waals surface area contributed by atoms with Gasteiger partial charge in [0.2, 0.25) is 5.89 Å². The summed E-state index contributed by atoms with van der Waals surface area (Å²) < 4.78 is 30.4. The monoisotopic (exact) mass is 437 g/mol. The molecule has 2 aromatic heterocycles. The van der Waals surface area contributed by atoms with Gasteiger partial charge in [0.1, 0.15) is 11.6 Å². The molecule has 32 heavy (non-hydrogen) atoms. The third kappa shape index (κ3) is 4.48. The molecule has 4 rings (SSSR count). The molecule has 0 spiro atoms. The fraction of sp³-hybridized carbons (Fsp3) is 0.0909. The number of aromatic nitrogens is 2. The molecule has 0 unspecified atom stereocenters. The number of furan rings is 1. The van der Waals surface area contributed by atoms with Crippen molar-refractivity contribution >= 4 is 17.6 Å². The second kappa shape index (κ2) is 8.72. The molecule has 9 nitrogen and oxygen atoms in total. The fourth-order valence-corrected chi connectivity index (χ4v) is 2.87. The maximum atomic E-state index is 14.4. The fourth-order valence-electron chi connectivity index (χ4n) is 2.87. The lowest BCUT2D eigenvalue weighted by atomic mass is 10.1. The van der Waals surface area contributed by atoms with Crippen molar-refractivity contribution in [3.8, 4) is 28.9 Å². The number of ether oxygens (including phenoxy) is 1. The largest absolute Gasteiger partial charge is 0.481 e. The minimum Gasteiger partial charge on any atom is -0.481 e. The summed E-state index contributed by atoms with van der Waals surface area (Å²) in [6.45, 7) is 1.13. The van der Waals surface area contributed by atoms with Crippen molar-refractivity contribution in [2.24, 2.45) is 0 Å². The zero-order valence-electron chi connectivity index (χ0n) is 16.7. The zero-order valence-corrected chi connectivity index (χ0v) is 16.7. The summed E-state index contributed by atoms with van der Waals surface area (Å²) in [7, 11) is 0. The Bertz CT molecular complexity index is 1280. The van der Waals surface area contributed by atoms with E-state index in [1.54, 1.807) is 25.1 Å². The van der Waals surface area contributed by atoms with Gasteiger partial charge in [0.15, 0.2) is 12.4 Å². The van der Waals surface area contributed by atoms with E-state index in [-0.39, 0.29) is 28.8 Å². The highest BCUT2D eigenvalue weighted by Crippen LogP contribution is 2.28. The van der Waals surface area contributed by atoms with E-state index in [1.807, 2.05) is 0 Å². The molecule has 0 aliphatic heterocycles. The quantitative estimate of drug-likeness (QED) is 0.441. The summed E-state index contributed by atoms with van der Waals surface area (Å²) in [6.07, 6.45) is 1.46. The van der Waals surface area contributed by atoms with Crippen LogP contribution in [0.3, 0.4) is 0 Å². The van der Waals surface area contributed by atoms with Crippen molar-refractivity contribution in [2.75, 3.05) is 11.9 Å². The number of carboxylic acid groups (broad SMARTS) is 1. The van der Waals surface area contributed by atoms with E-state index in [2.05, 4.69) is 15.5 Å². The first-order chi connectivity index (χ1) is 15.4. The molecule has 0 radical (unpaired) electrons. The molecule has 2 N–H and O–H groups in total. The zero-order chi connectivity index (χ0) is 22.7. The van der Waals surface area contributed by atoms with Crippen molar-refractivity contribution in [1.29, 1.82) is 0 Å². The van der Waals surface area contributed by atoms with Crippen molar-refractivity contribution < 1.29 is 32.7 Å². The highest BCUT2D eigenvalue weighted by atomic mass is 19.1. The summed E-state index contributed by atoms with van der Waals surface area (Å²) in [6, 6.07) is 11.9. The molecular weight excluding hydrogens is 421 g/mol. The Morgan fingerprint density at radius 3 is 2.69 bits per heavy atom. The van der Waals surface area contributed by atoms with Crippen LogP contribution in [-0.4, -0.2) is 33.8 Å². The lowest BCUT2D eigenvalue weighted by Crippen LogP contribution is -2.17. The third-order valence-corrected chi connectivity index (χ3v) is 4.35. The molecule has 0 saturated carbocycles. The number of nitrogens with one attached hydrogen (secondary N) is 1. The summed E-state index contributed by atoms with van der Waals surface area (Å²) in [4.78, 5) is 23.6. The van der Waals surface area contributed by atoms with Gasteiger partial charge in [0, 0.05) is 5.56 Å². The van der Waals surface area contributed by atoms with Crippen molar-refractivity contribution in [2.45, 2.75) is 6.92 Å². The SMILES string of the molecule is Cc1ccc(OCC(=O)O)c(C(=O)Nc2cc(-c3nnc(-c4ccco4)o3)ccc2F)c1. The number of carbonyl (C=O) groups is 2. The topological polar surface area (TPSA) is 128 Å². The molecule has 0 atom stereocenters. The number of hydrogen-bond acceptors (Lipinski definition) is 7. The van der Waals surface area contributed by atoms with Gasteiger partial charge in [-0.1, -0.05) is 11.6 Å². The standard InChI is InChI=1S/C22H16FN3O6/c1-12-4-7-17(31-11-19(27)28)14(9-12)20(29)24-16-10-13(5-6-15(16)23)21-25-26-22(32-21)18-3-2-8-30-18/h2-10H,11H2,1H3,(H,24,29)(H,27,28). The molecule has 0 fully saturated rings. The Hall–Kier alpha value is -4.47. The Kier molecular flexibility index (Phi) is 5.67. The van der Waals surface area contributed by atoms with Crippen molar-refractivity contribution in [1.82, 2.24) is 10.2 Å². The highest BCUT2D eigenvalue weighted by Gasteiger charge is 2.18. The molecule has 2 heterocycles. The maximum absolute atomic E-state index is 14.4. The normalized spacial score (nSPS) is 10.7. The van der Waals surface area contributed by atoms with E-state index in [9.17, 15) is 14.0 Å². The first-order valence-corrected chi connectivity index (χ1v) is 9.34. The van der Waals surface area contributed by atoms with Crippen LogP contribution in [0.1, 0.15) is 15.9 Å². The van der Waals surface area contributed by atoms with Crippen molar-refractivity contribution in [3.05, 3.63) is 71.7 Å². The number of nitrogens with zero attached hydrogens (tertiary/aromatic N) is 2. The van der Waals surface area contributed by atoms with E-state index >= 15 is 0 Å². The first kappa shape index (κ1) is 20.8. The van der Waals surface area contributed by atoms with Crippen molar-refractivity contribution in [3.63, 3.8) is 0 Å². The van der Waals surface area contributed by atoms with Gasteiger partial charge in [-0.15, -0.1) is 10.2 Å². The number of anilines is 1. The minimum atomic E-state index is -1.19. The van der Waals surface area contributed by atoms with Gasteiger partial charge < -0.3 is 24.0 Å². The molecule has 162 valence electrons. The summed E-state index contributed by atoms with van der Waals surface area (Å²) >= 11 is 0. The molecule has 1 amide bonds. The molecule has 4 aromatic rings. The van der Waals surface area contributed by atoms with Gasteiger partial charge >= 0.3 is 5.97 Å². The van der Waals surface area contributed by atoms with Crippen LogP contribution in [0.25, 0.3) is 23.1 Å². The van der Waals surface area contributed by atoms with Gasteiger partial charge in [-0.05, 0) is 49.4 Å². The van der Waals surface area contributed by atoms with Gasteiger partial charge in [0.05, 0.1) is 17.5 Å². The number of aliphatic carboxylic acids is 1. The van der Waals surface area contributed by atoms with Gasteiger partial charge in [-0.25, -0.2) is 9.18 Å². The van der Waals surface area contributed by atoms with E-state index in [1.165, 1.54) is 30.5 Å². The number of amides is 1. The average Bonchev–Trinajstić information content (AvgIpc) is 3.46. The molecule has 0 aliphatic rings. The van der Waals surface area contributed by atoms with Crippen LogP contribution in [0.2, 0.25) is 0 Å². The van der Waals surface area contributed by atoms with E-state index in [0.717, 1.165) is 11.6 Å². The summed E-state index contributed by atoms with van der Waals surface area (Å²) in [5, 5.41) is 19.1. The number of rotatable bonds is 7. The van der Waals surface area contributed by atoms with Crippen LogP contribution >= 0.6 is 0 Å². The predicted molar refractivity (Wildman–Crippen MR) is 110 cm³/mol. The average molecular weight is 437 g/mol. The summed E-state index contributed by atoms with van der Waals surface area (Å²) in [5.74, 6) is -1.85. The Morgan fingerprint density at radius 2 is 1.94 bits per heavy atom. The molecule has 0 aliphatic carbocycles. The van der Waals surface area contributed by atoms with E-state index < -0.39 is 24.3 Å². The van der Waals surface area contributed by atoms with Gasteiger partial charge in [0.25, 0.3) is 11.8 Å². The lowest BCUT2D eigenvalue weighted by Gasteiger charge is -2.12. The maximum Gasteiger partial charge on any atom is 0.341 e. The number of carboxylic acids is 1. The Balaban J connectivity index is 1.60. The number of carbonyl (C=O) groups excluding carboxylic acids is 1. The van der Waals surface area contributed by atoms with Crippen LogP contribution in [-0.2, 0) is 4.79 Å². The smallest absolute Gasteiger partial charge is 0.341 e. The van der Waals surface area contributed by atoms with Gasteiger partial charge in [-0.2, -0.15) is 0 Å². The van der Waals surface area contributed by atoms with Gasteiger partial charge in [-0.3, -0.25) is 4.79 Å². The molecule has 0 saturated heterocycles. The third-order valence-electron chi connectivity index (χ3n) is 4.35. The predicted octanol–water partition coefficient (Wildman–Crippen LogP) is 4.16. The summed E-state index contributed by atoms with van der Waals surface area (Å²) in [5.41, 5.74) is 1.05. The first-order valence-electron chi connectivity index (χ1n) is 9.34. The second-order valence-electron chi connectivity index (χ2n) is 6.72. The highest BCUT2D eigenvalue weighted by molar-refractivity contribution is 6.06. The number of aryl methyl sites for hydroxylation is 1. The van der Waals surface area contributed by atoms with Crippen LogP contribution < -0.4 is 10.1 Å². The molecular formula is C22H16FN3O6. The molecule has 2 aromatic carbocycles. The Morgan fingerprint density at radius 1 is 1.12 bits per heavy atom. The van der Waals surface area contributed by atoms with Crippen LogP contribution in [0.15, 0.2) is 63.6 Å². The second-order valence-corrected chi connectivity index (χ2v) is 6.72. The van der Waals surface area contributed by atoms with Crippen LogP contribution in [0, 0.1) is 12.7 Å². The lowest BCUT2D eigenvalue weighted by molar-refractivity contribution is -0.139. The van der Waals surface area contributed by atoms with Crippen LogP contribution in [0.5, 0.6) is 5.75 Å². The number of halogens is 1. The minimum absolute atomic E-state index is 0.0621. The number of benzene rings is 2. The molecule has 0 bridgehead atoms.